The highest BCUT2D eigenvalue weighted by Crippen LogP contribution is 2.34. The summed E-state index contributed by atoms with van der Waals surface area (Å²) in [5, 5.41) is 0. The number of thiophene rings is 1. The molecule has 0 bridgehead atoms. The molecule has 0 atom stereocenters. The van der Waals surface area contributed by atoms with Gasteiger partial charge in [0, 0.05) is 17.0 Å². The van der Waals surface area contributed by atoms with Crippen molar-refractivity contribution in [2.45, 2.75) is 56.4 Å². The molecule has 0 spiro atoms. The Bertz CT molecular complexity index is 645. The summed E-state index contributed by atoms with van der Waals surface area (Å²) >= 11 is 7.09. The summed E-state index contributed by atoms with van der Waals surface area (Å²) < 4.78 is 25.2. The minimum absolute atomic E-state index is 0.0979. The summed E-state index contributed by atoms with van der Waals surface area (Å²) in [6.45, 7) is 0. The largest absolute Gasteiger partial charge is 0.336 e. The number of hydrogen-bond donors (Lipinski definition) is 0. The highest BCUT2D eigenvalue weighted by atomic mass is 35.5. The lowest BCUT2D eigenvalue weighted by atomic mass is 10.2. The van der Waals surface area contributed by atoms with Crippen LogP contribution in [0.15, 0.2) is 12.1 Å². The van der Waals surface area contributed by atoms with Crippen molar-refractivity contribution in [2.24, 2.45) is 0 Å². The molecule has 2 saturated carbocycles. The van der Waals surface area contributed by atoms with Crippen molar-refractivity contribution in [2.75, 3.05) is 5.75 Å². The van der Waals surface area contributed by atoms with Gasteiger partial charge in [-0.2, -0.15) is 0 Å². The highest BCUT2D eigenvalue weighted by Gasteiger charge is 2.39. The Hall–Kier alpha value is -0.590. The lowest BCUT2D eigenvalue weighted by molar-refractivity contribution is -0.131. The Morgan fingerprint density at radius 2 is 1.82 bits per heavy atom. The first-order chi connectivity index (χ1) is 10.4. The normalized spacial score (nSPS) is 19.5. The molecule has 2 aliphatic rings. The zero-order valence-corrected chi connectivity index (χ0v) is 14.7. The van der Waals surface area contributed by atoms with Crippen LogP contribution in [0, 0.1) is 0 Å². The first-order valence-corrected chi connectivity index (χ1v) is 10.7. The van der Waals surface area contributed by atoms with Gasteiger partial charge < -0.3 is 4.90 Å². The van der Waals surface area contributed by atoms with Gasteiger partial charge in [0.25, 0.3) is 0 Å². The van der Waals surface area contributed by atoms with Crippen LogP contribution in [0.4, 0.5) is 0 Å². The third-order valence-corrected chi connectivity index (χ3v) is 7.13. The lowest BCUT2D eigenvalue weighted by Crippen LogP contribution is -2.43. The van der Waals surface area contributed by atoms with Gasteiger partial charge in [0.15, 0.2) is 9.84 Å². The SMILES string of the molecule is O=C(CS(=O)(=O)Cc1ccc(Cl)s1)N(C1CCCC1)C1CC1. The van der Waals surface area contributed by atoms with Gasteiger partial charge >= 0.3 is 0 Å². The average Bonchev–Trinajstić information content (AvgIpc) is 2.93. The standard InChI is InChI=1S/C15H20ClNO3S2/c16-14-8-7-13(21-14)9-22(19,20)10-15(18)17(12-5-6-12)11-3-1-2-4-11/h7-8,11-12H,1-6,9-10H2. The van der Waals surface area contributed by atoms with Gasteiger partial charge in [-0.15, -0.1) is 11.3 Å². The number of amides is 1. The molecule has 7 heteroatoms. The lowest BCUT2D eigenvalue weighted by Gasteiger charge is -2.29. The quantitative estimate of drug-likeness (QED) is 0.781. The molecule has 1 aromatic rings. The topological polar surface area (TPSA) is 54.5 Å². The van der Waals surface area contributed by atoms with Crippen molar-refractivity contribution in [1.29, 1.82) is 0 Å². The zero-order chi connectivity index (χ0) is 15.7. The molecule has 3 rings (SSSR count). The second-order valence-corrected chi connectivity index (χ2v) is 10.1. The Labute approximate surface area is 140 Å². The number of nitrogens with zero attached hydrogens (tertiary/aromatic N) is 1. The molecule has 0 unspecified atom stereocenters. The number of carbonyl (C=O) groups excluding carboxylic acids is 1. The van der Waals surface area contributed by atoms with Crippen LogP contribution in [-0.4, -0.2) is 37.1 Å². The molecule has 2 fully saturated rings. The molecule has 2 aliphatic carbocycles. The van der Waals surface area contributed by atoms with E-state index in [0.717, 1.165) is 38.5 Å². The van der Waals surface area contributed by atoms with Gasteiger partial charge in [-0.1, -0.05) is 24.4 Å². The van der Waals surface area contributed by atoms with Crippen LogP contribution in [0.25, 0.3) is 0 Å². The van der Waals surface area contributed by atoms with Crippen LogP contribution >= 0.6 is 22.9 Å². The minimum Gasteiger partial charge on any atom is -0.336 e. The molecule has 0 aromatic carbocycles. The van der Waals surface area contributed by atoms with Crippen LogP contribution < -0.4 is 0 Å². The Morgan fingerprint density at radius 3 is 2.36 bits per heavy atom. The number of halogens is 1. The van der Waals surface area contributed by atoms with Crippen molar-refractivity contribution in [1.82, 2.24) is 4.90 Å². The van der Waals surface area contributed by atoms with E-state index in [1.54, 1.807) is 12.1 Å². The molecular formula is C15H20ClNO3S2. The van der Waals surface area contributed by atoms with Gasteiger partial charge in [0.1, 0.15) is 5.75 Å². The van der Waals surface area contributed by atoms with E-state index in [-0.39, 0.29) is 29.5 Å². The summed E-state index contributed by atoms with van der Waals surface area (Å²) in [6, 6.07) is 3.94. The third kappa shape index (κ3) is 4.03. The smallest absolute Gasteiger partial charge is 0.238 e. The van der Waals surface area contributed by atoms with E-state index in [9.17, 15) is 13.2 Å². The van der Waals surface area contributed by atoms with E-state index in [4.69, 9.17) is 11.6 Å². The second kappa shape index (κ2) is 6.49. The molecule has 1 heterocycles. The summed E-state index contributed by atoms with van der Waals surface area (Å²) in [5.41, 5.74) is 0. The first-order valence-electron chi connectivity index (χ1n) is 7.70. The second-order valence-electron chi connectivity index (χ2n) is 6.21. The van der Waals surface area contributed by atoms with Gasteiger partial charge in [0.2, 0.25) is 5.91 Å². The molecule has 1 aromatic heterocycles. The fourth-order valence-corrected chi connectivity index (χ4v) is 6.01. The van der Waals surface area contributed by atoms with Gasteiger partial charge in [0.05, 0.1) is 10.1 Å². The van der Waals surface area contributed by atoms with E-state index in [0.29, 0.717) is 9.21 Å². The fourth-order valence-electron chi connectivity index (χ4n) is 3.20. The molecule has 0 N–H and O–H groups in total. The highest BCUT2D eigenvalue weighted by molar-refractivity contribution is 7.91. The van der Waals surface area contributed by atoms with Crippen molar-refractivity contribution in [3.8, 4) is 0 Å². The first kappa shape index (κ1) is 16.3. The van der Waals surface area contributed by atoms with Gasteiger partial charge in [-0.05, 0) is 37.8 Å². The fraction of sp³-hybridized carbons (Fsp3) is 0.667. The molecule has 4 nitrogen and oxygen atoms in total. The summed E-state index contributed by atoms with van der Waals surface area (Å²) in [6.07, 6.45) is 6.35. The maximum atomic E-state index is 12.5. The Morgan fingerprint density at radius 1 is 1.18 bits per heavy atom. The van der Waals surface area contributed by atoms with E-state index in [2.05, 4.69) is 0 Å². The van der Waals surface area contributed by atoms with Crippen LogP contribution in [-0.2, 0) is 20.4 Å². The molecule has 0 saturated heterocycles. The van der Waals surface area contributed by atoms with E-state index in [1.807, 2.05) is 4.90 Å². The number of hydrogen-bond acceptors (Lipinski definition) is 4. The molecule has 1 amide bonds. The monoisotopic (exact) mass is 361 g/mol. The predicted molar refractivity (Wildman–Crippen MR) is 88.9 cm³/mol. The van der Waals surface area contributed by atoms with E-state index < -0.39 is 9.84 Å². The van der Waals surface area contributed by atoms with Crippen LogP contribution in [0.1, 0.15) is 43.4 Å². The molecule has 122 valence electrons. The summed E-state index contributed by atoms with van der Waals surface area (Å²) in [5.74, 6) is -0.688. The summed E-state index contributed by atoms with van der Waals surface area (Å²) in [4.78, 5) is 15.1. The maximum Gasteiger partial charge on any atom is 0.238 e. The van der Waals surface area contributed by atoms with Gasteiger partial charge in [-0.25, -0.2) is 8.42 Å². The van der Waals surface area contributed by atoms with E-state index >= 15 is 0 Å². The molecular weight excluding hydrogens is 342 g/mol. The maximum absolute atomic E-state index is 12.5. The molecule has 0 aliphatic heterocycles. The van der Waals surface area contributed by atoms with Crippen molar-refractivity contribution < 1.29 is 13.2 Å². The zero-order valence-electron chi connectivity index (χ0n) is 12.3. The Kier molecular flexibility index (Phi) is 4.80. The molecule has 22 heavy (non-hydrogen) atoms. The Balaban J connectivity index is 1.65. The van der Waals surface area contributed by atoms with E-state index in [1.165, 1.54) is 11.3 Å². The third-order valence-electron chi connectivity index (χ3n) is 4.28. The number of carbonyl (C=O) groups is 1. The average molecular weight is 362 g/mol. The van der Waals surface area contributed by atoms with Crippen LogP contribution in [0.3, 0.4) is 0 Å². The van der Waals surface area contributed by atoms with Crippen molar-refractivity contribution >= 4 is 38.7 Å². The minimum atomic E-state index is -3.44. The number of rotatable bonds is 6. The van der Waals surface area contributed by atoms with Crippen molar-refractivity contribution in [3.05, 3.63) is 21.3 Å². The van der Waals surface area contributed by atoms with Gasteiger partial charge in [-0.3, -0.25) is 4.79 Å². The van der Waals surface area contributed by atoms with Crippen molar-refractivity contribution in [3.63, 3.8) is 0 Å². The number of sulfone groups is 1. The van der Waals surface area contributed by atoms with Crippen LogP contribution in [0.5, 0.6) is 0 Å². The molecule has 0 radical (unpaired) electrons. The predicted octanol–water partition coefficient (Wildman–Crippen LogP) is 3.25. The van der Waals surface area contributed by atoms with Crippen LogP contribution in [0.2, 0.25) is 4.34 Å². The summed E-state index contributed by atoms with van der Waals surface area (Å²) in [7, 11) is -3.44.